The zero-order chi connectivity index (χ0) is 13.9. The quantitative estimate of drug-likeness (QED) is 0.426. The van der Waals surface area contributed by atoms with Crippen LogP contribution in [-0.4, -0.2) is 15.7 Å². The minimum Gasteiger partial charge on any atom is -0.383 e. The van der Waals surface area contributed by atoms with Crippen molar-refractivity contribution in [2.45, 2.75) is 44.1 Å². The third-order valence-electron chi connectivity index (χ3n) is 5.64. The first-order valence-corrected chi connectivity index (χ1v) is 7.46. The molecular formula is C14H21N5O. The first kappa shape index (κ1) is 12.2. The van der Waals surface area contributed by atoms with Gasteiger partial charge in [0.05, 0.1) is 11.7 Å². The number of nitrogens with two attached hydrogens (primary N) is 2. The van der Waals surface area contributed by atoms with Gasteiger partial charge >= 0.3 is 0 Å². The Kier molecular flexibility index (Phi) is 2.42. The van der Waals surface area contributed by atoms with Crippen molar-refractivity contribution in [2.75, 3.05) is 5.73 Å². The monoisotopic (exact) mass is 275 g/mol. The van der Waals surface area contributed by atoms with E-state index < -0.39 is 0 Å². The van der Waals surface area contributed by atoms with Gasteiger partial charge in [-0.15, -0.1) is 0 Å². The minimum atomic E-state index is -0.363. The highest BCUT2D eigenvalue weighted by Gasteiger charge is 2.53. The number of amides is 1. The lowest BCUT2D eigenvalue weighted by Crippen LogP contribution is -2.52. The lowest BCUT2D eigenvalue weighted by atomic mass is 9.53. The highest BCUT2D eigenvalue weighted by Crippen LogP contribution is 2.59. The standard InChI is InChI=1S/C14H21N5O/c15-12-11(13(20)18-16)7-17-19(12)14-4-8-1-9(5-14)3-10(2-8)6-14/h7-10H,1-6,15-16H2,(H,18,20). The number of aromatic nitrogens is 2. The third-order valence-corrected chi connectivity index (χ3v) is 5.64. The van der Waals surface area contributed by atoms with Gasteiger partial charge in [-0.25, -0.2) is 10.5 Å². The maximum absolute atomic E-state index is 11.7. The number of carbonyl (C=O) groups excluding carboxylic acids is 1. The van der Waals surface area contributed by atoms with Crippen molar-refractivity contribution in [3.8, 4) is 0 Å². The average Bonchev–Trinajstić information content (AvgIpc) is 2.79. The Labute approximate surface area is 117 Å². The van der Waals surface area contributed by atoms with E-state index >= 15 is 0 Å². The second-order valence-electron chi connectivity index (χ2n) is 6.97. The van der Waals surface area contributed by atoms with Crippen LogP contribution in [0.15, 0.2) is 6.20 Å². The molecule has 4 aliphatic carbocycles. The van der Waals surface area contributed by atoms with E-state index in [1.807, 2.05) is 4.68 Å². The Balaban J connectivity index is 1.74. The Morgan fingerprint density at radius 1 is 1.25 bits per heavy atom. The Hall–Kier alpha value is -1.56. The molecule has 6 heteroatoms. The molecule has 0 aromatic carbocycles. The van der Waals surface area contributed by atoms with Crippen LogP contribution in [0.1, 0.15) is 48.9 Å². The molecule has 5 N–H and O–H groups in total. The van der Waals surface area contributed by atoms with Crippen molar-refractivity contribution in [1.29, 1.82) is 0 Å². The molecule has 20 heavy (non-hydrogen) atoms. The van der Waals surface area contributed by atoms with Gasteiger partial charge in [-0.05, 0) is 56.3 Å². The normalized spacial score (nSPS) is 38.1. The predicted molar refractivity (Wildman–Crippen MR) is 74.4 cm³/mol. The fourth-order valence-electron chi connectivity index (χ4n) is 5.31. The van der Waals surface area contributed by atoms with Gasteiger partial charge in [0.25, 0.3) is 5.91 Å². The van der Waals surface area contributed by atoms with Gasteiger partial charge in [-0.2, -0.15) is 5.10 Å². The minimum absolute atomic E-state index is 0.0476. The maximum Gasteiger partial charge on any atom is 0.270 e. The third kappa shape index (κ3) is 1.54. The fourth-order valence-corrected chi connectivity index (χ4v) is 5.31. The zero-order valence-electron chi connectivity index (χ0n) is 11.5. The van der Waals surface area contributed by atoms with E-state index in [4.69, 9.17) is 11.6 Å². The molecule has 0 radical (unpaired) electrons. The van der Waals surface area contributed by atoms with Crippen LogP contribution in [0, 0.1) is 17.8 Å². The summed E-state index contributed by atoms with van der Waals surface area (Å²) >= 11 is 0. The molecule has 1 aromatic rings. The van der Waals surface area contributed by atoms with Crippen LogP contribution in [0.2, 0.25) is 0 Å². The van der Waals surface area contributed by atoms with Crippen LogP contribution in [0.3, 0.4) is 0 Å². The van der Waals surface area contributed by atoms with Crippen molar-refractivity contribution in [3.63, 3.8) is 0 Å². The summed E-state index contributed by atoms with van der Waals surface area (Å²) in [6.45, 7) is 0. The van der Waals surface area contributed by atoms with Crippen LogP contribution in [0.4, 0.5) is 5.82 Å². The topological polar surface area (TPSA) is 99.0 Å². The zero-order valence-corrected chi connectivity index (χ0v) is 11.5. The lowest BCUT2D eigenvalue weighted by Gasteiger charge is -2.56. The summed E-state index contributed by atoms with van der Waals surface area (Å²) in [7, 11) is 0. The molecule has 0 aliphatic heterocycles. The van der Waals surface area contributed by atoms with Gasteiger partial charge < -0.3 is 5.73 Å². The molecule has 4 bridgehead atoms. The van der Waals surface area contributed by atoms with Gasteiger partial charge in [-0.1, -0.05) is 0 Å². The molecule has 5 rings (SSSR count). The van der Waals surface area contributed by atoms with E-state index in [-0.39, 0.29) is 11.4 Å². The first-order chi connectivity index (χ1) is 9.61. The summed E-state index contributed by atoms with van der Waals surface area (Å²) in [5.41, 5.74) is 8.76. The van der Waals surface area contributed by atoms with Crippen LogP contribution >= 0.6 is 0 Å². The Morgan fingerprint density at radius 2 is 1.80 bits per heavy atom. The number of hydrazine groups is 1. The van der Waals surface area contributed by atoms with Crippen molar-refractivity contribution < 1.29 is 4.79 Å². The van der Waals surface area contributed by atoms with E-state index in [0.717, 1.165) is 37.0 Å². The van der Waals surface area contributed by atoms with Crippen LogP contribution < -0.4 is 17.0 Å². The summed E-state index contributed by atoms with van der Waals surface area (Å²) in [6.07, 6.45) is 9.15. The Bertz CT molecular complexity index is 529. The molecule has 4 saturated carbocycles. The Morgan fingerprint density at radius 3 is 2.30 bits per heavy atom. The van der Waals surface area contributed by atoms with Crippen molar-refractivity contribution in [3.05, 3.63) is 11.8 Å². The van der Waals surface area contributed by atoms with Gasteiger partial charge in [-0.3, -0.25) is 10.2 Å². The summed E-state index contributed by atoms with van der Waals surface area (Å²) in [4.78, 5) is 11.7. The van der Waals surface area contributed by atoms with Gasteiger partial charge in [0.1, 0.15) is 11.4 Å². The van der Waals surface area contributed by atoms with Crippen LogP contribution in [-0.2, 0) is 5.54 Å². The summed E-state index contributed by atoms with van der Waals surface area (Å²) in [6, 6.07) is 0. The molecule has 6 nitrogen and oxygen atoms in total. The van der Waals surface area contributed by atoms with Crippen molar-refractivity contribution >= 4 is 11.7 Å². The summed E-state index contributed by atoms with van der Waals surface area (Å²) in [5, 5.41) is 4.45. The number of rotatable bonds is 2. The molecule has 1 heterocycles. The fraction of sp³-hybridized carbons (Fsp3) is 0.714. The van der Waals surface area contributed by atoms with Crippen LogP contribution in [0.5, 0.6) is 0 Å². The molecule has 1 aromatic heterocycles. The molecule has 1 amide bonds. The van der Waals surface area contributed by atoms with E-state index in [1.165, 1.54) is 19.3 Å². The lowest BCUT2D eigenvalue weighted by molar-refractivity contribution is -0.0481. The molecule has 0 spiro atoms. The van der Waals surface area contributed by atoms with E-state index in [9.17, 15) is 4.79 Å². The maximum atomic E-state index is 11.7. The summed E-state index contributed by atoms with van der Waals surface area (Å²) < 4.78 is 1.93. The molecule has 4 fully saturated rings. The number of hydrogen-bond donors (Lipinski definition) is 3. The van der Waals surface area contributed by atoms with E-state index in [2.05, 4.69) is 10.5 Å². The average molecular weight is 275 g/mol. The van der Waals surface area contributed by atoms with E-state index in [1.54, 1.807) is 6.20 Å². The molecule has 108 valence electrons. The second kappa shape index (κ2) is 3.97. The van der Waals surface area contributed by atoms with Gasteiger partial charge in [0.2, 0.25) is 0 Å². The van der Waals surface area contributed by atoms with Gasteiger partial charge in [0, 0.05) is 0 Å². The molecule has 0 unspecified atom stereocenters. The number of nitrogens with zero attached hydrogens (tertiary/aromatic N) is 2. The van der Waals surface area contributed by atoms with Crippen LogP contribution in [0.25, 0.3) is 0 Å². The summed E-state index contributed by atoms with van der Waals surface area (Å²) in [5.74, 6) is 7.75. The molecule has 4 aliphatic rings. The highest BCUT2D eigenvalue weighted by atomic mass is 16.2. The molecule has 0 saturated heterocycles. The largest absolute Gasteiger partial charge is 0.383 e. The second-order valence-corrected chi connectivity index (χ2v) is 6.97. The number of hydrogen-bond acceptors (Lipinski definition) is 4. The number of carbonyl (C=O) groups is 1. The number of nitrogens with one attached hydrogen (secondary N) is 1. The van der Waals surface area contributed by atoms with Crippen molar-refractivity contribution in [1.82, 2.24) is 15.2 Å². The number of anilines is 1. The van der Waals surface area contributed by atoms with Crippen molar-refractivity contribution in [2.24, 2.45) is 23.6 Å². The first-order valence-electron chi connectivity index (χ1n) is 7.46. The highest BCUT2D eigenvalue weighted by molar-refractivity contribution is 5.97. The SMILES string of the molecule is NNC(=O)c1cnn(C23CC4CC(CC(C4)C2)C3)c1N. The predicted octanol–water partition coefficient (Wildman–Crippen LogP) is 0.994. The van der Waals surface area contributed by atoms with Gasteiger partial charge in [0.15, 0.2) is 0 Å². The van der Waals surface area contributed by atoms with E-state index in [0.29, 0.717) is 11.4 Å². The molecular weight excluding hydrogens is 254 g/mol. The smallest absolute Gasteiger partial charge is 0.270 e. The number of nitrogen functional groups attached to an aromatic ring is 2. The molecule has 0 atom stereocenters.